The van der Waals surface area contributed by atoms with E-state index in [1.165, 1.54) is 61.2 Å². The Balaban J connectivity index is 1.06. The standard InChI is InChI=1S/C56H39NO/c1-3-17-38(18-4-1)55(47-25-11-7-21-43(47)44-22-8-12-26-48(44)55)39-31-33-41(34-32-39)57(40-19-5-2-6-20-40)42-35-36-54-52(37-42)56(51-29-15-16-30-53(51)58-54)49-27-13-9-23-45(49)46-24-10-14-28-50(46)56/h1-27,29-37,50H,28H2. The third-order valence-corrected chi connectivity index (χ3v) is 13.3. The van der Waals surface area contributed by atoms with E-state index < -0.39 is 10.8 Å². The van der Waals surface area contributed by atoms with Gasteiger partial charge in [-0.15, -0.1) is 0 Å². The minimum absolute atomic E-state index is 0.241. The highest BCUT2D eigenvalue weighted by molar-refractivity contribution is 5.89. The van der Waals surface area contributed by atoms with Gasteiger partial charge in [-0.2, -0.15) is 0 Å². The van der Waals surface area contributed by atoms with Gasteiger partial charge in [0.15, 0.2) is 0 Å². The zero-order valence-electron chi connectivity index (χ0n) is 31.9. The number of hydrogen-bond donors (Lipinski definition) is 0. The molecule has 0 aromatic heterocycles. The molecule has 0 N–H and O–H groups in total. The maximum absolute atomic E-state index is 6.83. The molecule has 2 nitrogen and oxygen atoms in total. The highest BCUT2D eigenvalue weighted by Gasteiger charge is 2.55. The van der Waals surface area contributed by atoms with Gasteiger partial charge < -0.3 is 9.64 Å². The predicted molar refractivity (Wildman–Crippen MR) is 236 cm³/mol. The van der Waals surface area contributed by atoms with Crippen molar-refractivity contribution in [2.45, 2.75) is 17.3 Å². The molecule has 4 aliphatic rings. The first kappa shape index (κ1) is 33.0. The van der Waals surface area contributed by atoms with Crippen molar-refractivity contribution in [3.63, 3.8) is 0 Å². The lowest BCUT2D eigenvalue weighted by molar-refractivity contribution is 0.383. The van der Waals surface area contributed by atoms with Crippen molar-refractivity contribution < 1.29 is 4.74 Å². The van der Waals surface area contributed by atoms with Crippen LogP contribution in [0.2, 0.25) is 0 Å². The molecule has 274 valence electrons. The SMILES string of the molecule is C1=CCC2C(=C1)c1ccccc1C21c2ccccc2Oc2ccc(N(c3ccccc3)c3ccc(C4(c5ccccc5)c5ccccc5-c5ccccc54)cc3)cc21. The van der Waals surface area contributed by atoms with Gasteiger partial charge in [0.05, 0.1) is 10.8 Å². The van der Waals surface area contributed by atoms with Crippen molar-refractivity contribution >= 4 is 22.6 Å². The molecule has 0 saturated carbocycles. The lowest BCUT2D eigenvalue weighted by Gasteiger charge is -2.43. The van der Waals surface area contributed by atoms with E-state index in [2.05, 4.69) is 223 Å². The van der Waals surface area contributed by atoms with Gasteiger partial charge in [0.2, 0.25) is 0 Å². The highest BCUT2D eigenvalue weighted by atomic mass is 16.5. The Hall–Kier alpha value is -7.16. The molecule has 1 aliphatic heterocycles. The fraction of sp³-hybridized carbons (Fsp3) is 0.0714. The Kier molecular flexibility index (Phi) is 7.22. The number of nitrogens with zero attached hydrogens (tertiary/aromatic N) is 1. The maximum atomic E-state index is 6.83. The van der Waals surface area contributed by atoms with Gasteiger partial charge in [-0.3, -0.25) is 0 Å². The molecule has 12 rings (SSSR count). The number of rotatable bonds is 5. The summed E-state index contributed by atoms with van der Waals surface area (Å²) in [7, 11) is 0. The van der Waals surface area contributed by atoms with Gasteiger partial charge in [-0.05, 0) is 105 Å². The Morgan fingerprint density at radius 3 is 1.69 bits per heavy atom. The van der Waals surface area contributed by atoms with E-state index in [0.717, 1.165) is 35.0 Å². The molecular formula is C56H39NO. The van der Waals surface area contributed by atoms with Crippen LogP contribution in [0.25, 0.3) is 16.7 Å². The molecule has 2 atom stereocenters. The predicted octanol–water partition coefficient (Wildman–Crippen LogP) is 13.9. The number of hydrogen-bond acceptors (Lipinski definition) is 2. The number of fused-ring (bicyclic) bond motifs is 12. The lowest BCUT2D eigenvalue weighted by Crippen LogP contribution is -2.37. The van der Waals surface area contributed by atoms with Crippen LogP contribution in [0.3, 0.4) is 0 Å². The molecule has 0 bridgehead atoms. The zero-order chi connectivity index (χ0) is 38.3. The summed E-state index contributed by atoms with van der Waals surface area (Å²) in [6, 6.07) is 73.6. The first-order valence-corrected chi connectivity index (χ1v) is 20.4. The molecular weight excluding hydrogens is 703 g/mol. The number of ether oxygens (including phenoxy) is 1. The van der Waals surface area contributed by atoms with Crippen LogP contribution in [0.5, 0.6) is 11.5 Å². The summed E-state index contributed by atoms with van der Waals surface area (Å²) in [4.78, 5) is 2.41. The van der Waals surface area contributed by atoms with Crippen LogP contribution in [0.1, 0.15) is 50.9 Å². The average Bonchev–Trinajstić information content (AvgIpc) is 3.76. The smallest absolute Gasteiger partial charge is 0.132 e. The minimum atomic E-state index is -0.455. The van der Waals surface area contributed by atoms with Crippen molar-refractivity contribution in [2.24, 2.45) is 5.92 Å². The van der Waals surface area contributed by atoms with E-state index in [1.54, 1.807) is 0 Å². The van der Waals surface area contributed by atoms with Gasteiger partial charge in [-0.25, -0.2) is 0 Å². The van der Waals surface area contributed by atoms with Crippen molar-refractivity contribution in [1.82, 2.24) is 0 Å². The van der Waals surface area contributed by atoms with Gasteiger partial charge >= 0.3 is 0 Å². The van der Waals surface area contributed by atoms with Crippen LogP contribution in [-0.2, 0) is 10.8 Å². The molecule has 2 unspecified atom stereocenters. The largest absolute Gasteiger partial charge is 0.457 e. The van der Waals surface area contributed by atoms with E-state index in [-0.39, 0.29) is 5.92 Å². The van der Waals surface area contributed by atoms with Crippen molar-refractivity contribution in [3.8, 4) is 22.6 Å². The lowest BCUT2D eigenvalue weighted by atomic mass is 9.62. The van der Waals surface area contributed by atoms with Crippen LogP contribution < -0.4 is 9.64 Å². The second-order valence-electron chi connectivity index (χ2n) is 15.9. The second kappa shape index (κ2) is 12.7. The number of para-hydroxylation sites is 2. The third-order valence-electron chi connectivity index (χ3n) is 13.3. The van der Waals surface area contributed by atoms with Gasteiger partial charge in [0.25, 0.3) is 0 Å². The molecule has 0 saturated heterocycles. The number of benzene rings is 8. The molecule has 0 radical (unpaired) electrons. The van der Waals surface area contributed by atoms with Gasteiger partial charge in [0.1, 0.15) is 11.5 Å². The number of anilines is 3. The van der Waals surface area contributed by atoms with Crippen LogP contribution >= 0.6 is 0 Å². The zero-order valence-corrected chi connectivity index (χ0v) is 31.9. The van der Waals surface area contributed by atoms with Gasteiger partial charge in [0, 0.05) is 34.1 Å². The quantitative estimate of drug-likeness (QED) is 0.174. The summed E-state index contributed by atoms with van der Waals surface area (Å²) >= 11 is 0. The molecule has 8 aromatic rings. The third kappa shape index (κ3) is 4.43. The molecule has 2 heteroatoms. The van der Waals surface area contributed by atoms with Crippen molar-refractivity contribution in [2.75, 3.05) is 4.90 Å². The molecule has 8 aromatic carbocycles. The molecule has 58 heavy (non-hydrogen) atoms. The maximum Gasteiger partial charge on any atom is 0.132 e. The van der Waals surface area contributed by atoms with E-state index in [9.17, 15) is 0 Å². The molecule has 1 heterocycles. The average molecular weight is 742 g/mol. The highest BCUT2D eigenvalue weighted by Crippen LogP contribution is 2.65. The number of allylic oxidation sites excluding steroid dienone is 4. The van der Waals surface area contributed by atoms with Crippen molar-refractivity contribution in [1.29, 1.82) is 0 Å². The van der Waals surface area contributed by atoms with E-state index in [1.807, 2.05) is 0 Å². The molecule has 0 fully saturated rings. The summed E-state index contributed by atoms with van der Waals surface area (Å²) in [5, 5.41) is 0. The monoisotopic (exact) mass is 741 g/mol. The summed E-state index contributed by atoms with van der Waals surface area (Å²) in [6.45, 7) is 0. The summed E-state index contributed by atoms with van der Waals surface area (Å²) < 4.78 is 6.83. The Morgan fingerprint density at radius 2 is 0.966 bits per heavy atom. The normalized spacial score (nSPS) is 18.5. The van der Waals surface area contributed by atoms with Crippen LogP contribution in [0.4, 0.5) is 17.1 Å². The van der Waals surface area contributed by atoms with Crippen LogP contribution in [-0.4, -0.2) is 0 Å². The van der Waals surface area contributed by atoms with E-state index in [4.69, 9.17) is 4.74 Å². The van der Waals surface area contributed by atoms with E-state index >= 15 is 0 Å². The molecule has 0 amide bonds. The summed E-state index contributed by atoms with van der Waals surface area (Å²) in [6.07, 6.45) is 7.86. The second-order valence-corrected chi connectivity index (χ2v) is 15.9. The Labute approximate surface area is 339 Å². The first-order valence-electron chi connectivity index (χ1n) is 20.4. The van der Waals surface area contributed by atoms with Gasteiger partial charge in [-0.1, -0.05) is 170 Å². The Bertz CT molecular complexity index is 2910. The van der Waals surface area contributed by atoms with Crippen LogP contribution in [0, 0.1) is 5.92 Å². The van der Waals surface area contributed by atoms with E-state index in [0.29, 0.717) is 0 Å². The fourth-order valence-electron chi connectivity index (χ4n) is 11.0. The summed E-state index contributed by atoms with van der Waals surface area (Å²) in [5.41, 5.74) is 16.7. The first-order chi connectivity index (χ1) is 28.8. The minimum Gasteiger partial charge on any atom is -0.457 e. The topological polar surface area (TPSA) is 12.5 Å². The molecule has 3 aliphatic carbocycles. The molecule has 1 spiro atoms. The van der Waals surface area contributed by atoms with Crippen LogP contribution in [0.15, 0.2) is 218 Å². The fourth-order valence-corrected chi connectivity index (χ4v) is 11.0. The van der Waals surface area contributed by atoms with Crippen molar-refractivity contribution in [3.05, 3.63) is 263 Å². The Morgan fingerprint density at radius 1 is 0.431 bits per heavy atom. The summed E-state index contributed by atoms with van der Waals surface area (Å²) in [5.74, 6) is 2.09.